The maximum Gasteiger partial charge on any atom is 0.363 e. The van der Waals surface area contributed by atoms with Gasteiger partial charge in [-0.1, -0.05) is 0 Å². The molecule has 1 aliphatic heterocycles. The molecule has 80 valence electrons. The Morgan fingerprint density at radius 2 is 2.00 bits per heavy atom. The second-order valence-electron chi connectivity index (χ2n) is 3.68. The fourth-order valence-electron chi connectivity index (χ4n) is 1.83. The zero-order valence-corrected chi connectivity index (χ0v) is 8.43. The molecule has 15 heavy (non-hydrogen) atoms. The van der Waals surface area contributed by atoms with Crippen molar-refractivity contribution in [1.82, 2.24) is 4.98 Å². The predicted molar refractivity (Wildman–Crippen MR) is 57.0 cm³/mol. The number of nitro groups is 1. The topological polar surface area (TPSA) is 59.3 Å². The Hall–Kier alpha value is -1.65. The molecule has 5 nitrogen and oxygen atoms in total. The first-order valence-electron chi connectivity index (χ1n) is 5.13. The van der Waals surface area contributed by atoms with Crippen LogP contribution in [0.15, 0.2) is 18.3 Å². The maximum atomic E-state index is 10.4. The molecular formula is C10H13N3O2. The number of anilines is 1. The lowest BCUT2D eigenvalue weighted by Gasteiger charge is -2.27. The highest BCUT2D eigenvalue weighted by atomic mass is 16.6. The van der Waals surface area contributed by atoms with E-state index in [9.17, 15) is 10.1 Å². The van der Waals surface area contributed by atoms with E-state index in [1.54, 1.807) is 12.3 Å². The molecule has 1 aliphatic rings. The van der Waals surface area contributed by atoms with Gasteiger partial charge in [0, 0.05) is 19.2 Å². The van der Waals surface area contributed by atoms with E-state index in [-0.39, 0.29) is 5.82 Å². The molecule has 0 amide bonds. The summed E-state index contributed by atoms with van der Waals surface area (Å²) in [4.78, 5) is 16.0. The molecule has 0 bridgehead atoms. The van der Waals surface area contributed by atoms with Crippen molar-refractivity contribution in [1.29, 1.82) is 0 Å². The van der Waals surface area contributed by atoms with Gasteiger partial charge in [-0.25, -0.2) is 0 Å². The quantitative estimate of drug-likeness (QED) is 0.549. The Labute approximate surface area is 87.9 Å². The second-order valence-corrected chi connectivity index (χ2v) is 3.68. The summed E-state index contributed by atoms with van der Waals surface area (Å²) in [5.74, 6) is -0.0873. The number of hydrogen-bond acceptors (Lipinski definition) is 4. The van der Waals surface area contributed by atoms with Crippen LogP contribution in [0.5, 0.6) is 0 Å². The standard InChI is InChI=1S/C10H13N3O2/c14-13(15)10-5-4-9(8-11-10)12-6-2-1-3-7-12/h4-5,8H,1-3,6-7H2. The van der Waals surface area contributed by atoms with Crippen molar-refractivity contribution in [3.63, 3.8) is 0 Å². The van der Waals surface area contributed by atoms with E-state index >= 15 is 0 Å². The highest BCUT2D eigenvalue weighted by Gasteiger charge is 2.13. The average molecular weight is 207 g/mol. The van der Waals surface area contributed by atoms with Gasteiger partial charge in [-0.05, 0) is 35.2 Å². The van der Waals surface area contributed by atoms with Crippen molar-refractivity contribution < 1.29 is 4.92 Å². The normalized spacial score (nSPS) is 16.4. The molecule has 0 N–H and O–H groups in total. The molecule has 1 aromatic rings. The highest BCUT2D eigenvalue weighted by molar-refractivity contribution is 5.46. The predicted octanol–water partition coefficient (Wildman–Crippen LogP) is 1.98. The number of pyridine rings is 1. The van der Waals surface area contributed by atoms with E-state index in [4.69, 9.17) is 0 Å². The fourth-order valence-corrected chi connectivity index (χ4v) is 1.83. The zero-order chi connectivity index (χ0) is 10.7. The molecular weight excluding hydrogens is 194 g/mol. The summed E-state index contributed by atoms with van der Waals surface area (Å²) in [7, 11) is 0. The summed E-state index contributed by atoms with van der Waals surface area (Å²) in [6.45, 7) is 2.05. The van der Waals surface area contributed by atoms with Gasteiger partial charge in [-0.3, -0.25) is 0 Å². The van der Waals surface area contributed by atoms with Crippen molar-refractivity contribution in [2.75, 3.05) is 18.0 Å². The van der Waals surface area contributed by atoms with Crippen LogP contribution in [0.3, 0.4) is 0 Å². The molecule has 0 atom stereocenters. The molecule has 2 rings (SSSR count). The van der Waals surface area contributed by atoms with Crippen molar-refractivity contribution in [2.24, 2.45) is 0 Å². The summed E-state index contributed by atoms with van der Waals surface area (Å²) in [6.07, 6.45) is 5.24. The third-order valence-corrected chi connectivity index (χ3v) is 2.64. The van der Waals surface area contributed by atoms with Gasteiger partial charge in [0.1, 0.15) is 0 Å². The molecule has 0 aliphatic carbocycles. The van der Waals surface area contributed by atoms with Crippen LogP contribution in [0.1, 0.15) is 19.3 Å². The van der Waals surface area contributed by atoms with E-state index < -0.39 is 4.92 Å². The molecule has 0 saturated carbocycles. The van der Waals surface area contributed by atoms with Gasteiger partial charge in [-0.2, -0.15) is 0 Å². The number of nitrogens with zero attached hydrogens (tertiary/aromatic N) is 3. The molecule has 1 fully saturated rings. The van der Waals surface area contributed by atoms with E-state index in [1.807, 2.05) is 0 Å². The number of rotatable bonds is 2. The highest BCUT2D eigenvalue weighted by Crippen LogP contribution is 2.20. The third kappa shape index (κ3) is 2.23. The van der Waals surface area contributed by atoms with Gasteiger partial charge in [0.2, 0.25) is 0 Å². The Kier molecular flexibility index (Phi) is 2.80. The smallest absolute Gasteiger partial charge is 0.363 e. The van der Waals surface area contributed by atoms with E-state index in [1.165, 1.54) is 25.3 Å². The minimum Gasteiger partial charge on any atom is -0.368 e. The van der Waals surface area contributed by atoms with Crippen molar-refractivity contribution >= 4 is 11.5 Å². The van der Waals surface area contributed by atoms with Crippen LogP contribution < -0.4 is 4.90 Å². The number of hydrogen-bond donors (Lipinski definition) is 0. The Balaban J connectivity index is 2.11. The van der Waals surface area contributed by atoms with Crippen LogP contribution in [0, 0.1) is 10.1 Å². The van der Waals surface area contributed by atoms with Crippen molar-refractivity contribution in [2.45, 2.75) is 19.3 Å². The van der Waals surface area contributed by atoms with Gasteiger partial charge in [0.15, 0.2) is 6.20 Å². The summed E-state index contributed by atoms with van der Waals surface area (Å²) in [5.41, 5.74) is 0.986. The SMILES string of the molecule is O=[N+]([O-])c1ccc(N2CCCCC2)cn1. The Morgan fingerprint density at radius 3 is 2.53 bits per heavy atom. The van der Waals surface area contributed by atoms with Gasteiger partial charge in [-0.15, -0.1) is 0 Å². The first kappa shape index (κ1) is 9.89. The second kappa shape index (κ2) is 4.25. The summed E-state index contributed by atoms with van der Waals surface area (Å²) >= 11 is 0. The van der Waals surface area contributed by atoms with E-state index in [2.05, 4.69) is 9.88 Å². The number of piperidine rings is 1. The molecule has 0 aromatic carbocycles. The zero-order valence-electron chi connectivity index (χ0n) is 8.43. The van der Waals surface area contributed by atoms with Gasteiger partial charge in [0.25, 0.3) is 0 Å². The fraction of sp³-hybridized carbons (Fsp3) is 0.500. The lowest BCUT2D eigenvalue weighted by molar-refractivity contribution is -0.389. The molecule has 1 saturated heterocycles. The van der Waals surface area contributed by atoms with Crippen molar-refractivity contribution in [3.05, 3.63) is 28.4 Å². The largest absolute Gasteiger partial charge is 0.368 e. The van der Waals surface area contributed by atoms with Gasteiger partial charge >= 0.3 is 5.82 Å². The van der Waals surface area contributed by atoms with Crippen LogP contribution in [0.25, 0.3) is 0 Å². The minimum absolute atomic E-state index is 0.0873. The monoisotopic (exact) mass is 207 g/mol. The van der Waals surface area contributed by atoms with Gasteiger partial charge < -0.3 is 15.0 Å². The van der Waals surface area contributed by atoms with Crippen LogP contribution in [-0.2, 0) is 0 Å². The molecule has 0 radical (unpaired) electrons. The minimum atomic E-state index is -0.472. The Bertz CT molecular complexity index is 344. The average Bonchev–Trinajstić information content (AvgIpc) is 2.30. The first-order chi connectivity index (χ1) is 7.27. The molecule has 2 heterocycles. The summed E-state index contributed by atoms with van der Waals surface area (Å²) in [5, 5.41) is 10.4. The molecule has 0 unspecified atom stereocenters. The first-order valence-corrected chi connectivity index (χ1v) is 5.13. The maximum absolute atomic E-state index is 10.4. The summed E-state index contributed by atoms with van der Waals surface area (Å²) in [6, 6.07) is 3.24. The van der Waals surface area contributed by atoms with Crippen molar-refractivity contribution in [3.8, 4) is 0 Å². The molecule has 5 heteroatoms. The van der Waals surface area contributed by atoms with Crippen LogP contribution in [0.4, 0.5) is 11.5 Å². The molecule has 0 spiro atoms. The van der Waals surface area contributed by atoms with Crippen LogP contribution in [-0.4, -0.2) is 23.0 Å². The van der Waals surface area contributed by atoms with E-state index in [0.717, 1.165) is 18.8 Å². The lowest BCUT2D eigenvalue weighted by Crippen LogP contribution is -2.29. The summed E-state index contributed by atoms with van der Waals surface area (Å²) < 4.78 is 0. The lowest BCUT2D eigenvalue weighted by atomic mass is 10.1. The Morgan fingerprint density at radius 1 is 1.27 bits per heavy atom. The molecule has 1 aromatic heterocycles. The van der Waals surface area contributed by atoms with Gasteiger partial charge in [0.05, 0.1) is 5.69 Å². The van der Waals surface area contributed by atoms with E-state index in [0.29, 0.717) is 0 Å². The number of aromatic nitrogens is 1. The van der Waals surface area contributed by atoms with Crippen LogP contribution >= 0.6 is 0 Å². The third-order valence-electron chi connectivity index (χ3n) is 2.64. The van der Waals surface area contributed by atoms with Crippen LogP contribution in [0.2, 0.25) is 0 Å².